The van der Waals surface area contributed by atoms with E-state index in [1.54, 1.807) is 0 Å². The van der Waals surface area contributed by atoms with E-state index in [2.05, 4.69) is 5.32 Å². The summed E-state index contributed by atoms with van der Waals surface area (Å²) in [6, 6.07) is 0. The van der Waals surface area contributed by atoms with E-state index >= 15 is 0 Å². The molecule has 15 heavy (non-hydrogen) atoms. The van der Waals surface area contributed by atoms with Crippen LogP contribution in [0.25, 0.3) is 0 Å². The number of carbonyl (C=O) groups is 2. The van der Waals surface area contributed by atoms with Crippen LogP contribution >= 0.6 is 0 Å². The van der Waals surface area contributed by atoms with Crippen LogP contribution in [-0.4, -0.2) is 43.3 Å². The molecule has 0 aromatic rings. The first-order valence-corrected chi connectivity index (χ1v) is 4.89. The van der Waals surface area contributed by atoms with Gasteiger partial charge in [0.2, 0.25) is 5.91 Å². The van der Waals surface area contributed by atoms with E-state index in [4.69, 9.17) is 15.6 Å². The van der Waals surface area contributed by atoms with E-state index in [0.717, 1.165) is 0 Å². The summed E-state index contributed by atoms with van der Waals surface area (Å²) in [6.45, 7) is 0.860. The second-order valence-corrected chi connectivity index (χ2v) is 3.67. The molecule has 0 spiro atoms. The van der Waals surface area contributed by atoms with Crippen LogP contribution in [0.5, 0.6) is 0 Å². The predicted octanol–water partition coefficient (Wildman–Crippen LogP) is -1.06. The van der Waals surface area contributed by atoms with E-state index in [1.807, 2.05) is 0 Å². The SMILES string of the molecule is NCC1(C(=O)NCC(=O)O)CCOCC1. The maximum Gasteiger partial charge on any atom is 0.322 e. The summed E-state index contributed by atoms with van der Waals surface area (Å²) in [5.41, 5.74) is 4.94. The Morgan fingerprint density at radius 2 is 2.00 bits per heavy atom. The van der Waals surface area contributed by atoms with Gasteiger partial charge in [-0.1, -0.05) is 0 Å². The number of hydrogen-bond donors (Lipinski definition) is 3. The molecule has 1 aliphatic rings. The number of hydrogen-bond acceptors (Lipinski definition) is 4. The topological polar surface area (TPSA) is 102 Å². The second-order valence-electron chi connectivity index (χ2n) is 3.67. The fraction of sp³-hybridized carbons (Fsp3) is 0.778. The van der Waals surface area contributed by atoms with Crippen molar-refractivity contribution in [3.63, 3.8) is 0 Å². The minimum absolute atomic E-state index is 0.224. The number of carbonyl (C=O) groups excluding carboxylic acids is 1. The normalized spacial score (nSPS) is 19.5. The van der Waals surface area contributed by atoms with E-state index in [-0.39, 0.29) is 19.0 Å². The minimum Gasteiger partial charge on any atom is -0.480 e. The first-order valence-electron chi connectivity index (χ1n) is 4.89. The Hall–Kier alpha value is -1.14. The number of rotatable bonds is 4. The summed E-state index contributed by atoms with van der Waals surface area (Å²) >= 11 is 0. The molecule has 1 heterocycles. The highest BCUT2D eigenvalue weighted by atomic mass is 16.5. The van der Waals surface area contributed by atoms with Crippen molar-refractivity contribution >= 4 is 11.9 Å². The largest absolute Gasteiger partial charge is 0.480 e. The molecule has 1 saturated heterocycles. The van der Waals surface area contributed by atoms with Crippen LogP contribution in [-0.2, 0) is 14.3 Å². The zero-order chi connectivity index (χ0) is 11.3. The van der Waals surface area contributed by atoms with Crippen LogP contribution in [0.2, 0.25) is 0 Å². The lowest BCUT2D eigenvalue weighted by atomic mass is 9.79. The average molecular weight is 216 g/mol. The molecule has 1 amide bonds. The van der Waals surface area contributed by atoms with E-state index in [1.165, 1.54) is 0 Å². The molecule has 4 N–H and O–H groups in total. The Morgan fingerprint density at radius 1 is 1.40 bits per heavy atom. The molecule has 0 bridgehead atoms. The summed E-state index contributed by atoms with van der Waals surface area (Å²) in [5, 5.41) is 10.8. The van der Waals surface area contributed by atoms with Crippen molar-refractivity contribution in [2.24, 2.45) is 11.1 Å². The van der Waals surface area contributed by atoms with Crippen molar-refractivity contribution in [3.8, 4) is 0 Å². The Kier molecular flexibility index (Phi) is 4.05. The van der Waals surface area contributed by atoms with Crippen molar-refractivity contribution in [3.05, 3.63) is 0 Å². The van der Waals surface area contributed by atoms with Crippen molar-refractivity contribution in [1.82, 2.24) is 5.32 Å². The zero-order valence-corrected chi connectivity index (χ0v) is 8.49. The standard InChI is InChI=1S/C9H16N2O4/c10-6-9(1-3-15-4-2-9)8(14)11-5-7(12)13/h1-6,10H2,(H,11,14)(H,12,13). The lowest BCUT2D eigenvalue weighted by Gasteiger charge is -2.34. The number of ether oxygens (including phenoxy) is 1. The zero-order valence-electron chi connectivity index (χ0n) is 8.49. The quantitative estimate of drug-likeness (QED) is 0.556. The molecule has 1 fully saturated rings. The molecule has 1 rings (SSSR count). The van der Waals surface area contributed by atoms with E-state index < -0.39 is 11.4 Å². The van der Waals surface area contributed by atoms with Gasteiger partial charge in [0.1, 0.15) is 6.54 Å². The van der Waals surface area contributed by atoms with Crippen molar-refractivity contribution in [2.75, 3.05) is 26.3 Å². The van der Waals surface area contributed by atoms with Gasteiger partial charge in [-0.2, -0.15) is 0 Å². The number of carboxylic acids is 1. The molecule has 0 aliphatic carbocycles. The molecular weight excluding hydrogens is 200 g/mol. The molecule has 0 atom stereocenters. The number of nitrogens with one attached hydrogen (secondary N) is 1. The Bertz CT molecular complexity index is 248. The average Bonchev–Trinajstić information content (AvgIpc) is 2.26. The lowest BCUT2D eigenvalue weighted by Crippen LogP contribution is -2.50. The number of amides is 1. The van der Waals surface area contributed by atoms with Crippen LogP contribution in [0.3, 0.4) is 0 Å². The second kappa shape index (κ2) is 5.09. The fourth-order valence-corrected chi connectivity index (χ4v) is 1.63. The van der Waals surface area contributed by atoms with Gasteiger partial charge >= 0.3 is 5.97 Å². The van der Waals surface area contributed by atoms with Crippen molar-refractivity contribution in [2.45, 2.75) is 12.8 Å². The molecule has 86 valence electrons. The van der Waals surface area contributed by atoms with Gasteiger partial charge in [-0.15, -0.1) is 0 Å². The van der Waals surface area contributed by atoms with Crippen molar-refractivity contribution in [1.29, 1.82) is 0 Å². The molecule has 0 aromatic carbocycles. The Morgan fingerprint density at radius 3 is 2.47 bits per heavy atom. The van der Waals surface area contributed by atoms with Crippen LogP contribution in [0.1, 0.15) is 12.8 Å². The van der Waals surface area contributed by atoms with Crippen LogP contribution in [0.4, 0.5) is 0 Å². The van der Waals surface area contributed by atoms with Gasteiger partial charge in [0.15, 0.2) is 0 Å². The molecule has 0 radical (unpaired) electrons. The maximum atomic E-state index is 11.7. The number of aliphatic carboxylic acids is 1. The number of nitrogens with two attached hydrogens (primary N) is 1. The van der Waals surface area contributed by atoms with Gasteiger partial charge < -0.3 is 20.9 Å². The highest BCUT2D eigenvalue weighted by Crippen LogP contribution is 2.29. The summed E-state index contributed by atoms with van der Waals surface area (Å²) in [4.78, 5) is 22.1. The van der Waals surface area contributed by atoms with Crippen LogP contribution < -0.4 is 11.1 Å². The van der Waals surface area contributed by atoms with Gasteiger partial charge in [0.25, 0.3) is 0 Å². The van der Waals surface area contributed by atoms with Crippen LogP contribution in [0.15, 0.2) is 0 Å². The third kappa shape index (κ3) is 2.90. The molecular formula is C9H16N2O4. The van der Waals surface area contributed by atoms with Gasteiger partial charge in [-0.25, -0.2) is 0 Å². The van der Waals surface area contributed by atoms with E-state index in [9.17, 15) is 9.59 Å². The molecule has 1 aliphatic heterocycles. The molecule has 0 aromatic heterocycles. The molecule has 0 unspecified atom stereocenters. The van der Waals surface area contributed by atoms with Gasteiger partial charge in [-0.3, -0.25) is 9.59 Å². The molecule has 6 heteroatoms. The van der Waals surface area contributed by atoms with Gasteiger partial charge in [-0.05, 0) is 12.8 Å². The summed E-state index contributed by atoms with van der Waals surface area (Å²) in [7, 11) is 0. The minimum atomic E-state index is -1.05. The lowest BCUT2D eigenvalue weighted by molar-refractivity contribution is -0.142. The fourth-order valence-electron chi connectivity index (χ4n) is 1.63. The first-order chi connectivity index (χ1) is 7.10. The highest BCUT2D eigenvalue weighted by Gasteiger charge is 2.38. The smallest absolute Gasteiger partial charge is 0.322 e. The van der Waals surface area contributed by atoms with E-state index in [0.29, 0.717) is 26.1 Å². The Labute approximate surface area is 87.8 Å². The van der Waals surface area contributed by atoms with Crippen LogP contribution in [0, 0.1) is 5.41 Å². The number of carboxylic acid groups (broad SMARTS) is 1. The Balaban J connectivity index is 2.55. The monoisotopic (exact) mass is 216 g/mol. The third-order valence-corrected chi connectivity index (χ3v) is 2.72. The van der Waals surface area contributed by atoms with Gasteiger partial charge in [0, 0.05) is 19.8 Å². The highest BCUT2D eigenvalue weighted by molar-refractivity contribution is 5.86. The third-order valence-electron chi connectivity index (χ3n) is 2.72. The predicted molar refractivity (Wildman–Crippen MR) is 52.2 cm³/mol. The maximum absolute atomic E-state index is 11.7. The molecule has 6 nitrogen and oxygen atoms in total. The van der Waals surface area contributed by atoms with Gasteiger partial charge in [0.05, 0.1) is 5.41 Å². The summed E-state index contributed by atoms with van der Waals surface area (Å²) in [6.07, 6.45) is 1.10. The summed E-state index contributed by atoms with van der Waals surface area (Å²) < 4.78 is 5.15. The van der Waals surface area contributed by atoms with Crippen molar-refractivity contribution < 1.29 is 19.4 Å². The summed E-state index contributed by atoms with van der Waals surface area (Å²) in [5.74, 6) is -1.33. The first kappa shape index (κ1) is 11.9. The molecule has 0 saturated carbocycles.